The van der Waals surface area contributed by atoms with Crippen LogP contribution in [0.1, 0.15) is 77.6 Å². The Morgan fingerprint density at radius 3 is 2.50 bits per heavy atom. The molecular weight excluding hydrogens is 300 g/mol. The third kappa shape index (κ3) is 2.27. The molecule has 0 amide bonds. The first kappa shape index (κ1) is 17.3. The molecule has 4 saturated carbocycles. The number of rotatable bonds is 3. The molecule has 0 unspecified atom stereocenters. The molecule has 0 aromatic heterocycles. The Balaban J connectivity index is 1.64. The third-order valence-electron chi connectivity index (χ3n) is 9.30. The van der Waals surface area contributed by atoms with E-state index in [2.05, 4.69) is 6.92 Å². The number of aliphatic hydroxyl groups excluding tert-OH is 2. The van der Waals surface area contributed by atoms with E-state index in [1.807, 2.05) is 0 Å². The summed E-state index contributed by atoms with van der Waals surface area (Å²) in [7, 11) is 0. The quantitative estimate of drug-likeness (QED) is 0.689. The van der Waals surface area contributed by atoms with E-state index >= 15 is 0 Å². The number of fused-ring (bicyclic) bond motifs is 5. The SMILES string of the molecule is C[C@]12CCCC[C@H]1CC[C@@H]1[C@@H]2CC[C@]2(C(O)O)[C@@H](CCO)CC[C@@H]12. The van der Waals surface area contributed by atoms with Crippen molar-refractivity contribution in [1.29, 1.82) is 0 Å². The van der Waals surface area contributed by atoms with Gasteiger partial charge in [0, 0.05) is 12.0 Å². The van der Waals surface area contributed by atoms with Gasteiger partial charge in [0.05, 0.1) is 0 Å². The molecule has 0 radical (unpaired) electrons. The summed E-state index contributed by atoms with van der Waals surface area (Å²) in [5.41, 5.74) is 0.171. The van der Waals surface area contributed by atoms with E-state index in [9.17, 15) is 15.3 Å². The molecule has 4 aliphatic carbocycles. The number of aliphatic hydroxyl groups is 3. The summed E-state index contributed by atoms with van der Waals surface area (Å²) >= 11 is 0. The molecule has 24 heavy (non-hydrogen) atoms. The lowest BCUT2D eigenvalue weighted by molar-refractivity contribution is -0.216. The highest BCUT2D eigenvalue weighted by molar-refractivity contribution is 5.10. The van der Waals surface area contributed by atoms with E-state index in [-0.39, 0.29) is 12.0 Å². The molecule has 4 fully saturated rings. The molecule has 0 bridgehead atoms. The molecule has 3 heteroatoms. The molecule has 0 saturated heterocycles. The van der Waals surface area contributed by atoms with Crippen LogP contribution in [0.4, 0.5) is 0 Å². The molecule has 4 aliphatic rings. The Kier molecular flexibility index (Phi) is 4.50. The van der Waals surface area contributed by atoms with Crippen LogP contribution in [0.15, 0.2) is 0 Å². The number of hydrogen-bond donors (Lipinski definition) is 3. The minimum atomic E-state index is -1.21. The number of hydrogen-bond acceptors (Lipinski definition) is 3. The van der Waals surface area contributed by atoms with Crippen molar-refractivity contribution in [2.45, 2.75) is 83.8 Å². The lowest BCUT2D eigenvalue weighted by atomic mass is 9.44. The van der Waals surface area contributed by atoms with Crippen LogP contribution in [-0.4, -0.2) is 28.2 Å². The summed E-state index contributed by atoms with van der Waals surface area (Å²) in [6, 6.07) is 0. The minimum Gasteiger partial charge on any atom is -0.396 e. The van der Waals surface area contributed by atoms with Crippen LogP contribution in [-0.2, 0) is 0 Å². The van der Waals surface area contributed by atoms with Crippen LogP contribution < -0.4 is 0 Å². The van der Waals surface area contributed by atoms with Gasteiger partial charge < -0.3 is 15.3 Å². The van der Waals surface area contributed by atoms with Gasteiger partial charge in [-0.05, 0) is 92.8 Å². The maximum Gasteiger partial charge on any atom is 0.157 e. The second-order valence-corrected chi connectivity index (χ2v) is 9.71. The monoisotopic (exact) mass is 336 g/mol. The highest BCUT2D eigenvalue weighted by Gasteiger charge is 2.63. The Labute approximate surface area is 146 Å². The molecule has 0 heterocycles. The minimum absolute atomic E-state index is 0.180. The highest BCUT2D eigenvalue weighted by atomic mass is 16.5. The van der Waals surface area contributed by atoms with E-state index in [1.165, 1.54) is 44.9 Å². The van der Waals surface area contributed by atoms with Gasteiger partial charge in [-0.15, -0.1) is 0 Å². The summed E-state index contributed by atoms with van der Waals surface area (Å²) in [4.78, 5) is 0. The smallest absolute Gasteiger partial charge is 0.157 e. The first-order valence-electron chi connectivity index (χ1n) is 10.5. The van der Waals surface area contributed by atoms with Gasteiger partial charge in [0.2, 0.25) is 0 Å². The van der Waals surface area contributed by atoms with Gasteiger partial charge in [0.15, 0.2) is 6.29 Å². The van der Waals surface area contributed by atoms with E-state index in [1.54, 1.807) is 0 Å². The Morgan fingerprint density at radius 2 is 1.75 bits per heavy atom. The molecule has 0 aromatic rings. The maximum absolute atomic E-state index is 10.4. The molecule has 3 N–H and O–H groups in total. The standard InChI is InChI=1S/C21H36O3/c1-20-11-3-2-4-14(20)5-7-16-17(20)9-12-21(19(23)24)15(10-13-22)6-8-18(16)21/h14-19,22-24H,2-13H2,1H3/t14-,15+,16+,17-,18-,20-,21-/m0/s1. The van der Waals surface area contributed by atoms with E-state index in [0.717, 1.165) is 37.5 Å². The third-order valence-corrected chi connectivity index (χ3v) is 9.30. The normalized spacial score (nSPS) is 51.1. The molecule has 0 spiro atoms. The molecule has 138 valence electrons. The summed E-state index contributed by atoms with van der Waals surface area (Å²) in [6.45, 7) is 2.75. The van der Waals surface area contributed by atoms with Crippen LogP contribution in [0.5, 0.6) is 0 Å². The average Bonchev–Trinajstić information content (AvgIpc) is 2.95. The van der Waals surface area contributed by atoms with E-state index < -0.39 is 6.29 Å². The maximum atomic E-state index is 10.4. The molecule has 3 nitrogen and oxygen atoms in total. The van der Waals surface area contributed by atoms with Crippen molar-refractivity contribution < 1.29 is 15.3 Å². The predicted molar refractivity (Wildman–Crippen MR) is 94.1 cm³/mol. The molecule has 0 aromatic carbocycles. The summed E-state index contributed by atoms with van der Waals surface area (Å²) in [6.07, 6.45) is 12.2. The van der Waals surface area contributed by atoms with Crippen LogP contribution >= 0.6 is 0 Å². The van der Waals surface area contributed by atoms with Crippen molar-refractivity contribution in [1.82, 2.24) is 0 Å². The van der Waals surface area contributed by atoms with E-state index in [0.29, 0.717) is 23.2 Å². The average molecular weight is 337 g/mol. The summed E-state index contributed by atoms with van der Waals surface area (Å²) < 4.78 is 0. The Bertz CT molecular complexity index is 464. The predicted octanol–water partition coefficient (Wildman–Crippen LogP) is 3.71. The van der Waals surface area contributed by atoms with Gasteiger partial charge in [-0.3, -0.25) is 0 Å². The zero-order valence-corrected chi connectivity index (χ0v) is 15.3. The Hall–Kier alpha value is -0.120. The molecule has 0 aliphatic heterocycles. The van der Waals surface area contributed by atoms with Crippen molar-refractivity contribution in [3.63, 3.8) is 0 Å². The molecule has 7 atom stereocenters. The van der Waals surface area contributed by atoms with Gasteiger partial charge in [-0.25, -0.2) is 0 Å². The molecule has 4 rings (SSSR count). The zero-order valence-electron chi connectivity index (χ0n) is 15.3. The highest BCUT2D eigenvalue weighted by Crippen LogP contribution is 2.68. The lowest BCUT2D eigenvalue weighted by Crippen LogP contribution is -2.56. The van der Waals surface area contributed by atoms with Crippen LogP contribution in [0.2, 0.25) is 0 Å². The fourth-order valence-electron chi connectivity index (χ4n) is 8.23. The van der Waals surface area contributed by atoms with Crippen molar-refractivity contribution in [3.05, 3.63) is 0 Å². The van der Waals surface area contributed by atoms with Crippen LogP contribution in [0.3, 0.4) is 0 Å². The second-order valence-electron chi connectivity index (χ2n) is 9.71. The fourth-order valence-corrected chi connectivity index (χ4v) is 8.23. The first-order valence-corrected chi connectivity index (χ1v) is 10.5. The fraction of sp³-hybridized carbons (Fsp3) is 1.00. The van der Waals surface area contributed by atoms with E-state index in [4.69, 9.17) is 0 Å². The second kappa shape index (κ2) is 6.25. The topological polar surface area (TPSA) is 60.7 Å². The van der Waals surface area contributed by atoms with Crippen LogP contribution in [0.25, 0.3) is 0 Å². The van der Waals surface area contributed by atoms with Crippen LogP contribution in [0, 0.1) is 40.4 Å². The Morgan fingerprint density at radius 1 is 0.917 bits per heavy atom. The summed E-state index contributed by atoms with van der Waals surface area (Å²) in [5, 5.41) is 30.3. The van der Waals surface area contributed by atoms with Gasteiger partial charge in [-0.2, -0.15) is 0 Å². The first-order chi connectivity index (χ1) is 11.5. The van der Waals surface area contributed by atoms with Gasteiger partial charge in [-0.1, -0.05) is 19.8 Å². The van der Waals surface area contributed by atoms with Crippen molar-refractivity contribution in [3.8, 4) is 0 Å². The summed E-state index contributed by atoms with van der Waals surface area (Å²) in [5.74, 6) is 3.15. The lowest BCUT2D eigenvalue weighted by Gasteiger charge is -2.61. The zero-order chi connectivity index (χ0) is 16.9. The van der Waals surface area contributed by atoms with Gasteiger partial charge >= 0.3 is 0 Å². The van der Waals surface area contributed by atoms with Crippen molar-refractivity contribution >= 4 is 0 Å². The van der Waals surface area contributed by atoms with Crippen molar-refractivity contribution in [2.24, 2.45) is 40.4 Å². The molecular formula is C21H36O3. The van der Waals surface area contributed by atoms with Gasteiger partial charge in [0.1, 0.15) is 0 Å². The van der Waals surface area contributed by atoms with Crippen molar-refractivity contribution in [2.75, 3.05) is 6.61 Å². The largest absolute Gasteiger partial charge is 0.396 e. The van der Waals surface area contributed by atoms with Gasteiger partial charge in [0.25, 0.3) is 0 Å².